The molecule has 0 spiro atoms. The average Bonchev–Trinajstić information content (AvgIpc) is 2.66. The molecule has 0 aliphatic carbocycles. The molecule has 0 amide bonds. The van der Waals surface area contributed by atoms with Crippen LogP contribution in [0.5, 0.6) is 0 Å². The van der Waals surface area contributed by atoms with Crippen molar-refractivity contribution in [3.05, 3.63) is 48.0 Å². The summed E-state index contributed by atoms with van der Waals surface area (Å²) in [7, 11) is 0. The normalized spacial score (nSPS) is 10.2. The van der Waals surface area contributed by atoms with Crippen molar-refractivity contribution in [2.75, 3.05) is 0 Å². The van der Waals surface area contributed by atoms with E-state index in [4.69, 9.17) is 9.52 Å². The highest BCUT2D eigenvalue weighted by Gasteiger charge is 2.10. The van der Waals surface area contributed by atoms with E-state index in [0.717, 1.165) is 0 Å². The molecule has 0 aliphatic rings. The molecule has 1 heterocycles. The second-order valence-electron chi connectivity index (χ2n) is 2.98. The molecule has 15 heavy (non-hydrogen) atoms. The molecule has 0 radical (unpaired) electrons. The van der Waals surface area contributed by atoms with Gasteiger partial charge in [-0.2, -0.15) is 0 Å². The molecule has 4 heteroatoms. The van der Waals surface area contributed by atoms with Crippen molar-refractivity contribution in [2.45, 2.75) is 0 Å². The Kier molecular flexibility index (Phi) is 2.25. The van der Waals surface area contributed by atoms with Crippen LogP contribution in [0.25, 0.3) is 11.3 Å². The van der Waals surface area contributed by atoms with E-state index < -0.39 is 5.97 Å². The Morgan fingerprint density at radius 3 is 2.67 bits per heavy atom. The highest BCUT2D eigenvalue weighted by Crippen LogP contribution is 2.22. The Morgan fingerprint density at radius 2 is 2.07 bits per heavy atom. The van der Waals surface area contributed by atoms with Gasteiger partial charge in [-0.15, -0.1) is 0 Å². The summed E-state index contributed by atoms with van der Waals surface area (Å²) in [5.74, 6) is -1.35. The van der Waals surface area contributed by atoms with Crippen molar-refractivity contribution in [3.63, 3.8) is 0 Å². The van der Waals surface area contributed by atoms with Gasteiger partial charge in [0.15, 0.2) is 0 Å². The predicted octanol–water partition coefficient (Wildman–Crippen LogP) is 2.78. The quantitative estimate of drug-likeness (QED) is 0.821. The number of hydrogen-bond acceptors (Lipinski definition) is 2. The van der Waals surface area contributed by atoms with Gasteiger partial charge in [0, 0.05) is 5.56 Å². The molecular formula is C11H7FO3. The van der Waals surface area contributed by atoms with Crippen LogP contribution in [-0.2, 0) is 0 Å². The van der Waals surface area contributed by atoms with Crippen molar-refractivity contribution in [1.29, 1.82) is 0 Å². The lowest BCUT2D eigenvalue weighted by Crippen LogP contribution is -1.91. The van der Waals surface area contributed by atoms with Gasteiger partial charge in [0.2, 0.25) is 5.76 Å². The van der Waals surface area contributed by atoms with Crippen molar-refractivity contribution in [1.82, 2.24) is 0 Å². The highest BCUT2D eigenvalue weighted by atomic mass is 19.1. The molecule has 0 aliphatic heterocycles. The Hall–Kier alpha value is -2.10. The van der Waals surface area contributed by atoms with Gasteiger partial charge in [0.05, 0.1) is 0 Å². The fraction of sp³-hybridized carbons (Fsp3) is 0. The predicted molar refractivity (Wildman–Crippen MR) is 51.1 cm³/mol. The lowest BCUT2D eigenvalue weighted by molar-refractivity contribution is 0.0663. The van der Waals surface area contributed by atoms with Gasteiger partial charge in [-0.05, 0) is 24.3 Å². The average molecular weight is 206 g/mol. The van der Waals surface area contributed by atoms with E-state index >= 15 is 0 Å². The molecule has 0 bridgehead atoms. The zero-order valence-corrected chi connectivity index (χ0v) is 7.61. The first-order valence-corrected chi connectivity index (χ1v) is 4.26. The van der Waals surface area contributed by atoms with E-state index in [-0.39, 0.29) is 11.6 Å². The number of benzene rings is 1. The van der Waals surface area contributed by atoms with Crippen LogP contribution in [0, 0.1) is 5.82 Å². The summed E-state index contributed by atoms with van der Waals surface area (Å²) in [5.41, 5.74) is 0.516. The summed E-state index contributed by atoms with van der Waals surface area (Å²) in [6.45, 7) is 0. The van der Waals surface area contributed by atoms with Crippen LogP contribution in [0.4, 0.5) is 4.39 Å². The molecule has 0 unspecified atom stereocenters. The zero-order valence-electron chi connectivity index (χ0n) is 7.61. The summed E-state index contributed by atoms with van der Waals surface area (Å²) in [5, 5.41) is 8.63. The number of carbonyl (C=O) groups is 1. The van der Waals surface area contributed by atoms with E-state index in [2.05, 4.69) is 0 Å². The van der Waals surface area contributed by atoms with Gasteiger partial charge in [-0.1, -0.05) is 12.1 Å². The molecule has 2 aromatic rings. The molecule has 1 aromatic carbocycles. The molecule has 0 saturated heterocycles. The number of halogens is 1. The van der Waals surface area contributed by atoms with Crippen molar-refractivity contribution < 1.29 is 18.7 Å². The van der Waals surface area contributed by atoms with Gasteiger partial charge in [-0.3, -0.25) is 0 Å². The third kappa shape index (κ3) is 1.88. The number of aromatic carboxylic acids is 1. The lowest BCUT2D eigenvalue weighted by Gasteiger charge is -1.95. The maximum Gasteiger partial charge on any atom is 0.371 e. The molecule has 0 atom stereocenters. The second-order valence-corrected chi connectivity index (χ2v) is 2.98. The minimum absolute atomic E-state index is 0.158. The maximum atomic E-state index is 12.9. The van der Waals surface area contributed by atoms with Crippen molar-refractivity contribution in [3.8, 4) is 11.3 Å². The monoisotopic (exact) mass is 206 g/mol. The third-order valence-corrected chi connectivity index (χ3v) is 1.93. The van der Waals surface area contributed by atoms with Crippen LogP contribution in [0.2, 0.25) is 0 Å². The van der Waals surface area contributed by atoms with Crippen molar-refractivity contribution in [2.24, 2.45) is 0 Å². The molecule has 2 rings (SSSR count). The van der Waals surface area contributed by atoms with Crippen LogP contribution in [0.15, 0.2) is 40.8 Å². The molecule has 3 nitrogen and oxygen atoms in total. The Morgan fingerprint density at radius 1 is 1.27 bits per heavy atom. The smallest absolute Gasteiger partial charge is 0.371 e. The summed E-state index contributed by atoms with van der Waals surface area (Å²) in [6, 6.07) is 8.61. The summed E-state index contributed by atoms with van der Waals surface area (Å²) >= 11 is 0. The molecule has 76 valence electrons. The minimum Gasteiger partial charge on any atom is -0.475 e. The standard InChI is InChI=1S/C11H7FO3/c12-8-3-1-2-7(6-8)9-4-5-10(15-9)11(13)14/h1-6H,(H,13,14). The van der Waals surface area contributed by atoms with E-state index in [1.165, 1.54) is 30.3 Å². The summed E-state index contributed by atoms with van der Waals surface area (Å²) in [6.07, 6.45) is 0. The van der Waals surface area contributed by atoms with E-state index in [9.17, 15) is 9.18 Å². The third-order valence-electron chi connectivity index (χ3n) is 1.93. The largest absolute Gasteiger partial charge is 0.475 e. The zero-order chi connectivity index (χ0) is 10.8. The van der Waals surface area contributed by atoms with Gasteiger partial charge in [-0.25, -0.2) is 9.18 Å². The van der Waals surface area contributed by atoms with Gasteiger partial charge in [0.25, 0.3) is 0 Å². The molecule has 1 aromatic heterocycles. The Balaban J connectivity index is 2.41. The molecule has 1 N–H and O–H groups in total. The van der Waals surface area contributed by atoms with Crippen LogP contribution in [0.1, 0.15) is 10.6 Å². The first-order chi connectivity index (χ1) is 7.16. The number of carboxylic acids is 1. The topological polar surface area (TPSA) is 50.4 Å². The number of hydrogen-bond donors (Lipinski definition) is 1. The molecule has 0 saturated carbocycles. The fourth-order valence-corrected chi connectivity index (χ4v) is 1.25. The highest BCUT2D eigenvalue weighted by molar-refractivity contribution is 5.85. The van der Waals surface area contributed by atoms with Crippen LogP contribution < -0.4 is 0 Å². The van der Waals surface area contributed by atoms with E-state index in [0.29, 0.717) is 11.3 Å². The number of rotatable bonds is 2. The molecule has 0 fully saturated rings. The SMILES string of the molecule is O=C(O)c1ccc(-c2cccc(F)c2)o1. The number of carboxylic acid groups (broad SMARTS) is 1. The van der Waals surface area contributed by atoms with Crippen molar-refractivity contribution >= 4 is 5.97 Å². The summed E-state index contributed by atoms with van der Waals surface area (Å²) in [4.78, 5) is 10.5. The van der Waals surface area contributed by atoms with Gasteiger partial charge in [0.1, 0.15) is 11.6 Å². The Labute approximate surface area is 84.8 Å². The van der Waals surface area contributed by atoms with Gasteiger partial charge < -0.3 is 9.52 Å². The fourth-order valence-electron chi connectivity index (χ4n) is 1.25. The second kappa shape index (κ2) is 3.57. The lowest BCUT2D eigenvalue weighted by atomic mass is 10.2. The van der Waals surface area contributed by atoms with Crippen LogP contribution in [-0.4, -0.2) is 11.1 Å². The van der Waals surface area contributed by atoms with E-state index in [1.807, 2.05) is 0 Å². The van der Waals surface area contributed by atoms with Gasteiger partial charge >= 0.3 is 5.97 Å². The minimum atomic E-state index is -1.14. The van der Waals surface area contributed by atoms with Crippen LogP contribution in [0.3, 0.4) is 0 Å². The maximum absolute atomic E-state index is 12.9. The Bertz CT molecular complexity index is 502. The first kappa shape index (κ1) is 9.45. The molecular weight excluding hydrogens is 199 g/mol. The van der Waals surface area contributed by atoms with Crippen LogP contribution >= 0.6 is 0 Å². The number of furan rings is 1. The van der Waals surface area contributed by atoms with E-state index in [1.54, 1.807) is 6.07 Å². The summed E-state index contributed by atoms with van der Waals surface area (Å²) < 4.78 is 17.9. The first-order valence-electron chi connectivity index (χ1n) is 4.26.